The molecule has 0 saturated carbocycles. The number of unbranched alkanes of at least 4 members (excludes halogenated alkanes) is 1. The largest absolute Gasteiger partial charge is 0.377 e. The Labute approximate surface area is 161 Å². The highest BCUT2D eigenvalue weighted by molar-refractivity contribution is 7.89. The number of sulfonamides is 1. The van der Waals surface area contributed by atoms with Crippen molar-refractivity contribution >= 4 is 16.1 Å². The van der Waals surface area contributed by atoms with Gasteiger partial charge in [0.1, 0.15) is 0 Å². The third-order valence-electron chi connectivity index (χ3n) is 5.12. The topological polar surface area (TPSA) is 87.7 Å². The molecule has 1 fully saturated rings. The number of amides is 2. The van der Waals surface area contributed by atoms with Gasteiger partial charge in [-0.25, -0.2) is 17.9 Å². The number of urea groups is 1. The van der Waals surface area contributed by atoms with Crippen molar-refractivity contribution in [2.75, 3.05) is 26.2 Å². The van der Waals surface area contributed by atoms with Gasteiger partial charge in [-0.05, 0) is 48.9 Å². The van der Waals surface area contributed by atoms with Crippen molar-refractivity contribution in [1.82, 2.24) is 14.9 Å². The molecule has 0 aliphatic carbocycles. The Kier molecular flexibility index (Phi) is 6.73. The van der Waals surface area contributed by atoms with E-state index in [0.717, 1.165) is 43.2 Å². The minimum absolute atomic E-state index is 0.0419. The number of hydrogen-bond acceptors (Lipinski definition) is 4. The number of nitrogens with zero attached hydrogens (tertiary/aromatic N) is 1. The molecule has 0 spiro atoms. The van der Waals surface area contributed by atoms with Gasteiger partial charge in [0.15, 0.2) is 0 Å². The van der Waals surface area contributed by atoms with Crippen LogP contribution in [-0.4, -0.2) is 51.7 Å². The molecular formula is C19H29N3O4S. The summed E-state index contributed by atoms with van der Waals surface area (Å²) >= 11 is 0. The molecule has 2 N–H and O–H groups in total. The number of ether oxygens (including phenoxy) is 1. The Morgan fingerprint density at radius 2 is 2.19 bits per heavy atom. The fraction of sp³-hybridized carbons (Fsp3) is 0.632. The van der Waals surface area contributed by atoms with Crippen LogP contribution in [0.4, 0.5) is 4.79 Å². The van der Waals surface area contributed by atoms with E-state index < -0.39 is 10.0 Å². The molecule has 1 atom stereocenters. The second-order valence-corrected chi connectivity index (χ2v) is 8.94. The molecule has 2 aliphatic rings. The summed E-state index contributed by atoms with van der Waals surface area (Å²) in [5.41, 5.74) is 2.00. The van der Waals surface area contributed by atoms with Gasteiger partial charge in [-0.1, -0.05) is 19.4 Å². The second-order valence-electron chi connectivity index (χ2n) is 7.17. The quantitative estimate of drug-likeness (QED) is 0.692. The number of hydrogen-bond donors (Lipinski definition) is 2. The highest BCUT2D eigenvalue weighted by atomic mass is 32.2. The predicted octanol–water partition coefficient (Wildman–Crippen LogP) is 2.01. The Bertz CT molecular complexity index is 760. The van der Waals surface area contributed by atoms with Crippen LogP contribution in [0.15, 0.2) is 23.1 Å². The number of fused-ring (bicyclic) bond motifs is 1. The summed E-state index contributed by atoms with van der Waals surface area (Å²) < 4.78 is 33.3. The van der Waals surface area contributed by atoms with E-state index in [4.69, 9.17) is 4.74 Å². The molecule has 2 heterocycles. The van der Waals surface area contributed by atoms with Crippen LogP contribution in [-0.2, 0) is 27.7 Å². The standard InChI is InChI=1S/C19H29N3O4S/c1-2-3-9-20-19(23)22-10-8-15-6-7-18(12-16(15)14-22)27(24,25)21-13-17-5-4-11-26-17/h6-7,12,17,21H,2-5,8-11,13-14H2,1H3,(H,20,23)/t17-/m1/s1. The number of nitrogens with one attached hydrogen (secondary N) is 2. The number of carbonyl (C=O) groups is 1. The minimum atomic E-state index is -3.59. The number of benzene rings is 1. The van der Waals surface area contributed by atoms with Gasteiger partial charge in [-0.15, -0.1) is 0 Å². The van der Waals surface area contributed by atoms with Crippen LogP contribution >= 0.6 is 0 Å². The van der Waals surface area contributed by atoms with Gasteiger partial charge in [0.05, 0.1) is 11.0 Å². The minimum Gasteiger partial charge on any atom is -0.377 e. The molecule has 2 aliphatic heterocycles. The van der Waals surface area contributed by atoms with Crippen molar-refractivity contribution in [2.45, 2.75) is 56.6 Å². The van der Waals surface area contributed by atoms with Crippen molar-refractivity contribution < 1.29 is 17.9 Å². The van der Waals surface area contributed by atoms with Gasteiger partial charge in [-0.2, -0.15) is 0 Å². The van der Waals surface area contributed by atoms with Crippen molar-refractivity contribution in [3.05, 3.63) is 29.3 Å². The van der Waals surface area contributed by atoms with Gasteiger partial charge in [0, 0.05) is 32.8 Å². The summed E-state index contributed by atoms with van der Waals surface area (Å²) in [5.74, 6) is 0. The average Bonchev–Trinajstić information content (AvgIpc) is 3.19. The molecule has 0 bridgehead atoms. The molecule has 3 rings (SSSR count). The summed E-state index contributed by atoms with van der Waals surface area (Å²) in [6.07, 6.45) is 4.54. The molecule has 1 saturated heterocycles. The average molecular weight is 396 g/mol. The zero-order valence-corrected chi connectivity index (χ0v) is 16.7. The smallest absolute Gasteiger partial charge is 0.317 e. The molecule has 2 amide bonds. The third kappa shape index (κ3) is 5.21. The molecule has 7 nitrogen and oxygen atoms in total. The number of carbonyl (C=O) groups excluding carboxylic acids is 1. The zero-order chi connectivity index (χ0) is 19.3. The Balaban J connectivity index is 1.65. The van der Waals surface area contributed by atoms with E-state index in [1.165, 1.54) is 0 Å². The molecular weight excluding hydrogens is 366 g/mol. The molecule has 0 aromatic heterocycles. The lowest BCUT2D eigenvalue weighted by molar-refractivity contribution is 0.114. The van der Waals surface area contributed by atoms with E-state index in [9.17, 15) is 13.2 Å². The van der Waals surface area contributed by atoms with Gasteiger partial charge < -0.3 is 15.0 Å². The maximum atomic E-state index is 12.6. The van der Waals surface area contributed by atoms with Crippen molar-refractivity contribution in [1.29, 1.82) is 0 Å². The highest BCUT2D eigenvalue weighted by Gasteiger charge is 2.24. The zero-order valence-electron chi connectivity index (χ0n) is 15.9. The molecule has 1 aromatic rings. The summed E-state index contributed by atoms with van der Waals surface area (Å²) in [4.78, 5) is 14.3. The summed E-state index contributed by atoms with van der Waals surface area (Å²) in [6, 6.07) is 5.12. The SMILES string of the molecule is CCCCNC(=O)N1CCc2ccc(S(=O)(=O)NC[C@H]3CCCO3)cc2C1. The first-order chi connectivity index (χ1) is 13.0. The van der Waals surface area contributed by atoms with Crippen molar-refractivity contribution in [3.63, 3.8) is 0 Å². The van der Waals surface area contributed by atoms with Gasteiger partial charge >= 0.3 is 6.03 Å². The van der Waals surface area contributed by atoms with Crippen molar-refractivity contribution in [3.8, 4) is 0 Å². The van der Waals surface area contributed by atoms with Crippen LogP contribution in [0.1, 0.15) is 43.7 Å². The van der Waals surface area contributed by atoms with Crippen molar-refractivity contribution in [2.24, 2.45) is 0 Å². The van der Waals surface area contributed by atoms with Crippen LogP contribution in [0.5, 0.6) is 0 Å². The van der Waals surface area contributed by atoms with Crippen LogP contribution < -0.4 is 10.0 Å². The van der Waals surface area contributed by atoms with Gasteiger partial charge in [-0.3, -0.25) is 0 Å². The predicted molar refractivity (Wildman–Crippen MR) is 103 cm³/mol. The first-order valence-electron chi connectivity index (χ1n) is 9.75. The second kappa shape index (κ2) is 9.03. The van der Waals surface area contributed by atoms with E-state index >= 15 is 0 Å². The van der Waals surface area contributed by atoms with Crippen LogP contribution in [0.3, 0.4) is 0 Å². The molecule has 8 heteroatoms. The fourth-order valence-electron chi connectivity index (χ4n) is 3.45. The first-order valence-corrected chi connectivity index (χ1v) is 11.2. The van der Waals surface area contributed by atoms with Crippen LogP contribution in [0.2, 0.25) is 0 Å². The van der Waals surface area contributed by atoms with E-state index in [1.807, 2.05) is 6.07 Å². The molecule has 0 unspecified atom stereocenters. The Hall–Kier alpha value is -1.64. The number of rotatable bonds is 7. The summed E-state index contributed by atoms with van der Waals surface area (Å²) in [5, 5.41) is 2.92. The lowest BCUT2D eigenvalue weighted by atomic mass is 10.0. The van der Waals surface area contributed by atoms with Gasteiger partial charge in [0.25, 0.3) is 0 Å². The third-order valence-corrected chi connectivity index (χ3v) is 6.54. The summed E-state index contributed by atoms with van der Waals surface area (Å²) in [6.45, 7) is 4.82. The molecule has 150 valence electrons. The maximum Gasteiger partial charge on any atom is 0.317 e. The summed E-state index contributed by atoms with van der Waals surface area (Å²) in [7, 11) is -3.59. The fourth-order valence-corrected chi connectivity index (χ4v) is 4.57. The van der Waals surface area contributed by atoms with E-state index in [2.05, 4.69) is 17.0 Å². The lowest BCUT2D eigenvalue weighted by Crippen LogP contribution is -2.43. The normalized spacial score (nSPS) is 19.7. The Morgan fingerprint density at radius 3 is 2.93 bits per heavy atom. The van der Waals surface area contributed by atoms with Crippen LogP contribution in [0, 0.1) is 0 Å². The van der Waals surface area contributed by atoms with Gasteiger partial charge in [0.2, 0.25) is 10.0 Å². The van der Waals surface area contributed by atoms with Crippen LogP contribution in [0.25, 0.3) is 0 Å². The lowest BCUT2D eigenvalue weighted by Gasteiger charge is -2.29. The maximum absolute atomic E-state index is 12.6. The Morgan fingerprint density at radius 1 is 1.33 bits per heavy atom. The monoisotopic (exact) mass is 395 g/mol. The molecule has 0 radical (unpaired) electrons. The van der Waals surface area contributed by atoms with E-state index in [-0.39, 0.29) is 17.0 Å². The molecule has 1 aromatic carbocycles. The molecule has 27 heavy (non-hydrogen) atoms. The van der Waals surface area contributed by atoms with E-state index in [0.29, 0.717) is 32.8 Å². The first kappa shape index (κ1) is 20.1. The highest BCUT2D eigenvalue weighted by Crippen LogP contribution is 2.23. The van der Waals surface area contributed by atoms with E-state index in [1.54, 1.807) is 17.0 Å².